The van der Waals surface area contributed by atoms with E-state index in [1.165, 1.54) is 6.92 Å². The van der Waals surface area contributed by atoms with Crippen molar-refractivity contribution >= 4 is 11.8 Å². The summed E-state index contributed by atoms with van der Waals surface area (Å²) in [5.41, 5.74) is -2.46. The lowest BCUT2D eigenvalue weighted by Crippen LogP contribution is -2.91. The lowest BCUT2D eigenvalue weighted by Gasteiger charge is -2.79. The first-order valence-corrected chi connectivity index (χ1v) is 11.5. The topological polar surface area (TPSA) is 112 Å². The fourth-order valence-corrected chi connectivity index (χ4v) is 9.36. The van der Waals surface area contributed by atoms with Gasteiger partial charge in [-0.15, -0.1) is 0 Å². The second-order valence-electron chi connectivity index (χ2n) is 11.4. The molecule has 0 unspecified atom stereocenters. The lowest BCUT2D eigenvalue weighted by molar-refractivity contribution is -0.554. The Hall–Kier alpha value is -1.06. The number of esters is 1. The van der Waals surface area contributed by atoms with Gasteiger partial charge in [-0.2, -0.15) is 0 Å². The Labute approximate surface area is 181 Å². The zero-order chi connectivity index (χ0) is 22.1. The van der Waals surface area contributed by atoms with E-state index in [-0.39, 0.29) is 29.6 Å². The van der Waals surface area contributed by atoms with Crippen LogP contribution >= 0.6 is 0 Å². The summed E-state index contributed by atoms with van der Waals surface area (Å²) in [5.74, 6) is -4.19. The number of aliphatic hydroxyl groups excluding tert-OH is 1. The Balaban J connectivity index is 1.63. The maximum absolute atomic E-state index is 14.1. The van der Waals surface area contributed by atoms with E-state index in [0.29, 0.717) is 12.8 Å². The van der Waals surface area contributed by atoms with Gasteiger partial charge >= 0.3 is 5.97 Å². The van der Waals surface area contributed by atoms with Crippen LogP contribution in [0.15, 0.2) is 0 Å². The van der Waals surface area contributed by atoms with Gasteiger partial charge in [0.05, 0.1) is 12.7 Å². The third kappa shape index (κ3) is 1.94. The van der Waals surface area contributed by atoms with E-state index in [1.54, 1.807) is 7.11 Å². The minimum atomic E-state index is -2.07. The standard InChI is InChI=1S/C23H32O8/c1-10(24)29-13-8-11-12(9-28-4)16(25)22-14(13)21-7-5-6-20(2,3)15(21)17(26)23(22,27)31-19(21)30-18(11)22/h11-15,17-19,26-27H,5-9H2,1-4H3/t11-,12-,13-,14-,15+,17-,18-,19-,21+,22-,23+/m0/s1. The Morgan fingerprint density at radius 2 is 2.00 bits per heavy atom. The molecule has 4 saturated carbocycles. The Morgan fingerprint density at radius 3 is 2.68 bits per heavy atom. The molecule has 4 aliphatic heterocycles. The van der Waals surface area contributed by atoms with E-state index < -0.39 is 59.0 Å². The average molecular weight is 437 g/mol. The van der Waals surface area contributed by atoms with E-state index in [1.807, 2.05) is 0 Å². The van der Waals surface area contributed by atoms with E-state index in [4.69, 9.17) is 18.9 Å². The first kappa shape index (κ1) is 20.5. The van der Waals surface area contributed by atoms with Gasteiger partial charge in [0.1, 0.15) is 17.6 Å². The number of rotatable bonds is 3. The molecule has 7 bridgehead atoms. The van der Waals surface area contributed by atoms with Crippen molar-refractivity contribution in [2.24, 2.45) is 39.9 Å². The predicted molar refractivity (Wildman–Crippen MR) is 104 cm³/mol. The summed E-state index contributed by atoms with van der Waals surface area (Å²) in [6, 6.07) is 0. The molecule has 31 heavy (non-hydrogen) atoms. The molecule has 2 spiro atoms. The van der Waals surface area contributed by atoms with Crippen molar-refractivity contribution in [3.8, 4) is 0 Å². The van der Waals surface area contributed by atoms with Crippen LogP contribution in [0, 0.1) is 39.9 Å². The zero-order valence-electron chi connectivity index (χ0n) is 18.5. The molecule has 2 N–H and O–H groups in total. The highest BCUT2D eigenvalue weighted by Gasteiger charge is 2.93. The highest BCUT2D eigenvalue weighted by molar-refractivity contribution is 5.94. The van der Waals surface area contributed by atoms with E-state index in [9.17, 15) is 19.8 Å². The number of carbonyl (C=O) groups is 2. The van der Waals surface area contributed by atoms with Crippen molar-refractivity contribution in [2.45, 2.75) is 76.8 Å². The summed E-state index contributed by atoms with van der Waals surface area (Å²) in [6.07, 6.45) is -0.0967. The third-order valence-electron chi connectivity index (χ3n) is 9.87. The van der Waals surface area contributed by atoms with Crippen molar-refractivity contribution in [3.63, 3.8) is 0 Å². The van der Waals surface area contributed by atoms with Crippen LogP contribution in [0.1, 0.15) is 46.5 Å². The molecule has 8 fully saturated rings. The van der Waals surface area contributed by atoms with Crippen LogP contribution in [0.3, 0.4) is 0 Å². The average Bonchev–Trinajstić information content (AvgIpc) is 2.83. The van der Waals surface area contributed by atoms with Crippen LogP contribution in [-0.2, 0) is 28.5 Å². The zero-order valence-corrected chi connectivity index (χ0v) is 18.5. The van der Waals surface area contributed by atoms with Gasteiger partial charge in [-0.3, -0.25) is 9.59 Å². The van der Waals surface area contributed by atoms with E-state index in [2.05, 4.69) is 13.8 Å². The number of ether oxygens (including phenoxy) is 4. The molecule has 4 heterocycles. The highest BCUT2D eigenvalue weighted by atomic mass is 16.8. The van der Waals surface area contributed by atoms with Crippen molar-refractivity contribution < 1.29 is 38.7 Å². The molecular formula is C23H32O8. The molecule has 8 rings (SSSR count). The van der Waals surface area contributed by atoms with Gasteiger partial charge in [-0.1, -0.05) is 20.3 Å². The minimum absolute atomic E-state index is 0.176. The maximum atomic E-state index is 14.1. The van der Waals surface area contributed by atoms with E-state index in [0.717, 1.165) is 12.8 Å². The molecule has 0 amide bonds. The molecule has 8 nitrogen and oxygen atoms in total. The molecule has 0 radical (unpaired) electrons. The van der Waals surface area contributed by atoms with Gasteiger partial charge in [0.2, 0.25) is 5.79 Å². The van der Waals surface area contributed by atoms with Crippen LogP contribution in [-0.4, -0.2) is 66.1 Å². The fourth-order valence-electron chi connectivity index (χ4n) is 9.36. The molecule has 4 aliphatic carbocycles. The predicted octanol–water partition coefficient (Wildman–Crippen LogP) is 1.02. The number of aliphatic hydroxyl groups is 2. The number of hydrogen-bond donors (Lipinski definition) is 2. The summed E-state index contributed by atoms with van der Waals surface area (Å²) in [5, 5.41) is 23.7. The van der Waals surface area contributed by atoms with Crippen molar-refractivity contribution in [2.75, 3.05) is 13.7 Å². The number of ketones is 1. The molecule has 172 valence electrons. The molecule has 0 aromatic rings. The minimum Gasteiger partial charge on any atom is -0.462 e. The first-order chi connectivity index (χ1) is 14.6. The third-order valence-corrected chi connectivity index (χ3v) is 9.87. The second kappa shape index (κ2) is 5.89. The SMILES string of the molecule is COC[C@@H]1C(=O)[C@@]23[C@H]4O[C@H]5O[C@]2(O)[C@@H](O)[C@@H]2C(C)(C)CCC[C@]52[C@@H]3[C@@H](OC(C)=O)C[C@@H]14. The maximum Gasteiger partial charge on any atom is 0.302 e. The molecular weight excluding hydrogens is 404 g/mol. The Morgan fingerprint density at radius 1 is 1.26 bits per heavy atom. The normalized spacial score (nSPS) is 57.7. The van der Waals surface area contributed by atoms with Crippen LogP contribution in [0.5, 0.6) is 0 Å². The van der Waals surface area contributed by atoms with Crippen molar-refractivity contribution in [1.29, 1.82) is 0 Å². The number of Topliss-reactive ketones (excluding diaryl/α,β-unsaturated/α-hetero) is 1. The lowest BCUT2D eigenvalue weighted by atomic mass is 9.34. The van der Waals surface area contributed by atoms with Gasteiger partial charge in [0, 0.05) is 43.1 Å². The molecule has 8 heteroatoms. The van der Waals surface area contributed by atoms with E-state index >= 15 is 0 Å². The van der Waals surface area contributed by atoms with Gasteiger partial charge in [0.15, 0.2) is 12.1 Å². The Bertz CT molecular complexity index is 857. The molecule has 0 aromatic carbocycles. The van der Waals surface area contributed by atoms with Crippen LogP contribution in [0.4, 0.5) is 0 Å². The largest absolute Gasteiger partial charge is 0.462 e. The number of methoxy groups -OCH3 is 1. The summed E-state index contributed by atoms with van der Waals surface area (Å²) in [7, 11) is 1.55. The van der Waals surface area contributed by atoms with Crippen molar-refractivity contribution in [1.82, 2.24) is 0 Å². The quantitative estimate of drug-likeness (QED) is 0.631. The summed E-state index contributed by atoms with van der Waals surface area (Å²) < 4.78 is 23.9. The number of carbonyl (C=O) groups excluding carboxylic acids is 2. The monoisotopic (exact) mass is 436 g/mol. The van der Waals surface area contributed by atoms with Gasteiger partial charge in [-0.05, 0) is 24.7 Å². The van der Waals surface area contributed by atoms with Crippen molar-refractivity contribution in [3.05, 3.63) is 0 Å². The molecule has 11 atom stereocenters. The highest BCUT2D eigenvalue weighted by Crippen LogP contribution is 2.81. The number of hydrogen-bond acceptors (Lipinski definition) is 8. The van der Waals surface area contributed by atoms with Gasteiger partial charge in [0.25, 0.3) is 0 Å². The fraction of sp³-hybridized carbons (Fsp3) is 0.913. The second-order valence-corrected chi connectivity index (χ2v) is 11.4. The smallest absolute Gasteiger partial charge is 0.302 e. The summed E-state index contributed by atoms with van der Waals surface area (Å²) in [4.78, 5) is 26.2. The molecule has 4 saturated heterocycles. The van der Waals surface area contributed by atoms with Crippen LogP contribution in [0.2, 0.25) is 0 Å². The molecule has 0 aromatic heterocycles. The summed E-state index contributed by atoms with van der Waals surface area (Å²) in [6.45, 7) is 5.79. The van der Waals surface area contributed by atoms with Crippen LogP contribution in [0.25, 0.3) is 0 Å². The summed E-state index contributed by atoms with van der Waals surface area (Å²) >= 11 is 0. The Kier molecular flexibility index (Phi) is 3.90. The van der Waals surface area contributed by atoms with Gasteiger partial charge < -0.3 is 29.2 Å². The van der Waals surface area contributed by atoms with Gasteiger partial charge in [-0.25, -0.2) is 0 Å². The molecule has 8 aliphatic rings. The van der Waals surface area contributed by atoms with Crippen LogP contribution < -0.4 is 0 Å². The first-order valence-electron chi connectivity index (χ1n) is 11.5.